The van der Waals surface area contributed by atoms with Crippen molar-refractivity contribution in [1.29, 1.82) is 0 Å². The van der Waals surface area contributed by atoms with Gasteiger partial charge in [0.05, 0.1) is 11.5 Å². The fourth-order valence-electron chi connectivity index (χ4n) is 1.34. The summed E-state index contributed by atoms with van der Waals surface area (Å²) in [7, 11) is 1.13. The van der Waals surface area contributed by atoms with Crippen LogP contribution in [0.3, 0.4) is 0 Å². The van der Waals surface area contributed by atoms with Gasteiger partial charge in [0.2, 0.25) is 0 Å². The zero-order chi connectivity index (χ0) is 13.2. The summed E-state index contributed by atoms with van der Waals surface area (Å²) in [6.07, 6.45) is 0. The van der Waals surface area contributed by atoms with Crippen molar-refractivity contribution in [1.82, 2.24) is 0 Å². The van der Waals surface area contributed by atoms with E-state index >= 15 is 0 Å². The summed E-state index contributed by atoms with van der Waals surface area (Å²) < 4.78 is 27.8. The van der Waals surface area contributed by atoms with E-state index in [1.165, 1.54) is 13.0 Å². The molecule has 0 heterocycles. The molecule has 0 saturated carbocycles. The predicted molar refractivity (Wildman–Crippen MR) is 62.0 cm³/mol. The Balaban J connectivity index is 3.56. The first kappa shape index (κ1) is 13.7. The van der Waals surface area contributed by atoms with Crippen molar-refractivity contribution in [2.45, 2.75) is 18.7 Å². The number of halogens is 1. The Morgan fingerprint density at radius 2 is 2.06 bits per heavy atom. The summed E-state index contributed by atoms with van der Waals surface area (Å²) in [5.74, 6) is 0.0492. The molecule has 0 N–H and O–H groups in total. The standard InChI is InChI=1S/C9H10ClNO5S/c1-3-16-9-6(2)4-7(11(12)13)5-8(9)17(10,14)15/h4-5H,3H2,1-2H3. The fourth-order valence-corrected chi connectivity index (χ4v) is 2.39. The zero-order valence-electron chi connectivity index (χ0n) is 9.14. The summed E-state index contributed by atoms with van der Waals surface area (Å²) in [4.78, 5) is 9.56. The summed E-state index contributed by atoms with van der Waals surface area (Å²) in [6, 6.07) is 2.12. The Morgan fingerprint density at radius 3 is 2.47 bits per heavy atom. The minimum atomic E-state index is -4.09. The molecule has 94 valence electrons. The second-order valence-corrected chi connectivity index (χ2v) is 5.75. The summed E-state index contributed by atoms with van der Waals surface area (Å²) >= 11 is 0. The minimum Gasteiger partial charge on any atom is -0.492 e. The van der Waals surface area contributed by atoms with E-state index < -0.39 is 14.0 Å². The molecule has 0 fully saturated rings. The molecule has 0 atom stereocenters. The maximum absolute atomic E-state index is 11.3. The van der Waals surface area contributed by atoms with Crippen LogP contribution in [-0.4, -0.2) is 19.9 Å². The number of aryl methyl sites for hydroxylation is 1. The second kappa shape index (κ2) is 4.89. The van der Waals surface area contributed by atoms with Crippen LogP contribution in [0.1, 0.15) is 12.5 Å². The Kier molecular flexibility index (Phi) is 3.94. The van der Waals surface area contributed by atoms with Gasteiger partial charge in [-0.05, 0) is 19.4 Å². The number of hydrogen-bond acceptors (Lipinski definition) is 5. The lowest BCUT2D eigenvalue weighted by atomic mass is 10.2. The lowest BCUT2D eigenvalue weighted by molar-refractivity contribution is -0.385. The maximum Gasteiger partial charge on any atom is 0.271 e. The Hall–Kier alpha value is -1.34. The number of nitro groups is 1. The van der Waals surface area contributed by atoms with Gasteiger partial charge in [0.15, 0.2) is 0 Å². The molecule has 0 aliphatic heterocycles. The molecule has 0 amide bonds. The lowest BCUT2D eigenvalue weighted by Gasteiger charge is -2.10. The van der Waals surface area contributed by atoms with Crippen molar-refractivity contribution in [3.05, 3.63) is 27.8 Å². The van der Waals surface area contributed by atoms with E-state index in [0.717, 1.165) is 6.07 Å². The lowest BCUT2D eigenvalue weighted by Crippen LogP contribution is -2.03. The highest BCUT2D eigenvalue weighted by Gasteiger charge is 2.23. The largest absolute Gasteiger partial charge is 0.492 e. The third-order valence-electron chi connectivity index (χ3n) is 1.99. The van der Waals surface area contributed by atoms with E-state index in [-0.39, 0.29) is 22.9 Å². The van der Waals surface area contributed by atoms with Gasteiger partial charge in [0.1, 0.15) is 10.6 Å². The van der Waals surface area contributed by atoms with Crippen molar-refractivity contribution < 1.29 is 18.1 Å². The number of ether oxygens (including phenoxy) is 1. The van der Waals surface area contributed by atoms with Gasteiger partial charge >= 0.3 is 0 Å². The van der Waals surface area contributed by atoms with Gasteiger partial charge in [-0.25, -0.2) is 8.42 Å². The summed E-state index contributed by atoms with van der Waals surface area (Å²) in [5, 5.41) is 10.6. The van der Waals surface area contributed by atoms with Crippen molar-refractivity contribution in [3.8, 4) is 5.75 Å². The quantitative estimate of drug-likeness (QED) is 0.479. The molecule has 1 aromatic carbocycles. The van der Waals surface area contributed by atoms with Crippen LogP contribution >= 0.6 is 10.7 Å². The molecule has 1 aromatic rings. The number of non-ortho nitro benzene ring substituents is 1. The Morgan fingerprint density at radius 1 is 1.47 bits per heavy atom. The van der Waals surface area contributed by atoms with Crippen LogP contribution in [0.5, 0.6) is 5.75 Å². The Bertz CT molecular complexity index is 555. The number of hydrogen-bond donors (Lipinski definition) is 0. The second-order valence-electron chi connectivity index (χ2n) is 3.22. The van der Waals surface area contributed by atoms with Crippen LogP contribution in [0.4, 0.5) is 5.69 Å². The van der Waals surface area contributed by atoms with Crippen molar-refractivity contribution >= 4 is 25.4 Å². The zero-order valence-corrected chi connectivity index (χ0v) is 10.7. The first-order chi connectivity index (χ1) is 7.77. The molecule has 0 aliphatic rings. The average molecular weight is 280 g/mol. The van der Waals surface area contributed by atoms with E-state index in [0.29, 0.717) is 5.56 Å². The molecule has 17 heavy (non-hydrogen) atoms. The number of benzene rings is 1. The molecule has 0 unspecified atom stereocenters. The molecular weight excluding hydrogens is 270 g/mol. The third-order valence-corrected chi connectivity index (χ3v) is 3.31. The average Bonchev–Trinajstić information content (AvgIpc) is 2.18. The summed E-state index contributed by atoms with van der Waals surface area (Å²) in [6.45, 7) is 3.42. The molecular formula is C9H10ClNO5S. The van der Waals surface area contributed by atoms with Crippen molar-refractivity contribution in [2.75, 3.05) is 6.61 Å². The van der Waals surface area contributed by atoms with Gasteiger partial charge in [-0.1, -0.05) is 0 Å². The molecule has 0 aliphatic carbocycles. The van der Waals surface area contributed by atoms with Crippen LogP contribution in [0.25, 0.3) is 0 Å². The van der Waals surface area contributed by atoms with Crippen LogP contribution in [0.2, 0.25) is 0 Å². The van der Waals surface area contributed by atoms with Crippen LogP contribution in [-0.2, 0) is 9.05 Å². The predicted octanol–water partition coefficient (Wildman–Crippen LogP) is 2.23. The third kappa shape index (κ3) is 3.07. The fraction of sp³-hybridized carbons (Fsp3) is 0.333. The Labute approximate surface area is 103 Å². The van der Waals surface area contributed by atoms with Gasteiger partial charge in [-0.3, -0.25) is 10.1 Å². The molecule has 1 rings (SSSR count). The molecule has 0 aromatic heterocycles. The van der Waals surface area contributed by atoms with E-state index in [1.54, 1.807) is 6.92 Å². The monoisotopic (exact) mass is 279 g/mol. The van der Waals surface area contributed by atoms with Crippen molar-refractivity contribution in [3.63, 3.8) is 0 Å². The first-order valence-electron chi connectivity index (χ1n) is 4.64. The van der Waals surface area contributed by atoms with E-state index in [2.05, 4.69) is 0 Å². The summed E-state index contributed by atoms with van der Waals surface area (Å²) in [5.41, 5.74) is 0.00505. The number of rotatable bonds is 4. The van der Waals surface area contributed by atoms with Gasteiger partial charge in [-0.15, -0.1) is 0 Å². The molecule has 0 bridgehead atoms. The van der Waals surface area contributed by atoms with Gasteiger partial charge < -0.3 is 4.74 Å². The minimum absolute atomic E-state index is 0.0492. The van der Waals surface area contributed by atoms with E-state index in [9.17, 15) is 18.5 Å². The van der Waals surface area contributed by atoms with Gasteiger partial charge in [-0.2, -0.15) is 0 Å². The normalized spacial score (nSPS) is 11.2. The van der Waals surface area contributed by atoms with Crippen LogP contribution in [0, 0.1) is 17.0 Å². The first-order valence-corrected chi connectivity index (χ1v) is 6.94. The topological polar surface area (TPSA) is 86.5 Å². The highest BCUT2D eigenvalue weighted by atomic mass is 35.7. The molecule has 0 spiro atoms. The molecule has 0 saturated heterocycles. The van der Waals surface area contributed by atoms with Crippen molar-refractivity contribution in [2.24, 2.45) is 0 Å². The van der Waals surface area contributed by atoms with E-state index in [4.69, 9.17) is 15.4 Å². The molecule has 0 radical (unpaired) electrons. The number of nitrogens with zero attached hydrogens (tertiary/aromatic N) is 1. The van der Waals surface area contributed by atoms with E-state index in [1.807, 2.05) is 0 Å². The molecule has 8 heteroatoms. The van der Waals surface area contributed by atoms with Gasteiger partial charge in [0, 0.05) is 22.8 Å². The van der Waals surface area contributed by atoms with Gasteiger partial charge in [0.25, 0.3) is 14.7 Å². The SMILES string of the molecule is CCOc1c(C)cc([N+](=O)[O-])cc1S(=O)(=O)Cl. The highest BCUT2D eigenvalue weighted by molar-refractivity contribution is 8.13. The smallest absolute Gasteiger partial charge is 0.271 e. The highest BCUT2D eigenvalue weighted by Crippen LogP contribution is 2.34. The number of nitro benzene ring substituents is 1. The van der Waals surface area contributed by atoms with Crippen LogP contribution < -0.4 is 4.74 Å². The maximum atomic E-state index is 11.3. The van der Waals surface area contributed by atoms with Crippen LogP contribution in [0.15, 0.2) is 17.0 Å². The molecule has 6 nitrogen and oxygen atoms in total.